The maximum Gasteiger partial charge on any atom is 0.237 e. The molecule has 1 amide bonds. The van der Waals surface area contributed by atoms with E-state index in [4.69, 9.17) is 4.74 Å². The van der Waals surface area contributed by atoms with Crippen LogP contribution >= 0.6 is 0 Å². The van der Waals surface area contributed by atoms with Crippen LogP contribution in [0.3, 0.4) is 0 Å². The number of rotatable bonds is 5. The highest BCUT2D eigenvalue weighted by Crippen LogP contribution is 2.11. The molecule has 5 nitrogen and oxygen atoms in total. The first-order valence-corrected chi connectivity index (χ1v) is 6.34. The maximum atomic E-state index is 12.0. The zero-order chi connectivity index (χ0) is 12.8. The molecule has 3 atom stereocenters. The van der Waals surface area contributed by atoms with E-state index in [1.54, 1.807) is 0 Å². The van der Waals surface area contributed by atoms with Crippen LogP contribution in [0.15, 0.2) is 0 Å². The lowest BCUT2D eigenvalue weighted by Crippen LogP contribution is -2.56. The first-order chi connectivity index (χ1) is 8.10. The molecule has 1 saturated heterocycles. The molecule has 0 bridgehead atoms. The molecule has 0 aromatic rings. The van der Waals surface area contributed by atoms with E-state index in [0.29, 0.717) is 19.8 Å². The number of aliphatic hydroxyl groups excluding tert-OH is 1. The Bertz CT molecular complexity index is 248. The molecule has 1 aliphatic heterocycles. The van der Waals surface area contributed by atoms with Gasteiger partial charge in [0.05, 0.1) is 31.9 Å². The molecule has 5 heteroatoms. The fraction of sp³-hybridized carbons (Fsp3) is 0.917. The fourth-order valence-electron chi connectivity index (χ4n) is 1.95. The largest absolute Gasteiger partial charge is 0.395 e. The number of nitrogens with one attached hydrogen (secondary N) is 1. The molecule has 3 unspecified atom stereocenters. The van der Waals surface area contributed by atoms with Crippen LogP contribution in [0.2, 0.25) is 0 Å². The van der Waals surface area contributed by atoms with Crippen molar-refractivity contribution in [3.05, 3.63) is 0 Å². The van der Waals surface area contributed by atoms with Gasteiger partial charge in [0.2, 0.25) is 5.91 Å². The Morgan fingerprint density at radius 2 is 2.29 bits per heavy atom. The van der Waals surface area contributed by atoms with Gasteiger partial charge in [-0.1, -0.05) is 6.92 Å². The minimum absolute atomic E-state index is 0.0275. The summed E-state index contributed by atoms with van der Waals surface area (Å²) in [5, 5.41) is 12.2. The summed E-state index contributed by atoms with van der Waals surface area (Å²) in [6, 6.07) is -0.0925. The molecular weight excluding hydrogens is 220 g/mol. The van der Waals surface area contributed by atoms with Gasteiger partial charge in [-0.15, -0.1) is 0 Å². The Balaban J connectivity index is 2.54. The highest BCUT2D eigenvalue weighted by molar-refractivity contribution is 5.81. The summed E-state index contributed by atoms with van der Waals surface area (Å²) in [7, 11) is 0. The quantitative estimate of drug-likeness (QED) is 0.713. The molecule has 2 N–H and O–H groups in total. The van der Waals surface area contributed by atoms with Crippen LogP contribution in [0.25, 0.3) is 0 Å². The Labute approximate surface area is 103 Å². The Kier molecular flexibility index (Phi) is 5.88. The third-order valence-corrected chi connectivity index (χ3v) is 3.36. The molecular formula is C12H24N2O3. The Morgan fingerprint density at radius 1 is 1.59 bits per heavy atom. The fourth-order valence-corrected chi connectivity index (χ4v) is 1.95. The van der Waals surface area contributed by atoms with Gasteiger partial charge in [0, 0.05) is 12.6 Å². The zero-order valence-electron chi connectivity index (χ0n) is 11.0. The summed E-state index contributed by atoms with van der Waals surface area (Å²) in [4.78, 5) is 14.0. The van der Waals surface area contributed by atoms with Gasteiger partial charge in [-0.25, -0.2) is 0 Å². The second kappa shape index (κ2) is 6.93. The van der Waals surface area contributed by atoms with Crippen molar-refractivity contribution in [2.45, 2.75) is 45.3 Å². The van der Waals surface area contributed by atoms with Crippen molar-refractivity contribution in [1.82, 2.24) is 10.2 Å². The van der Waals surface area contributed by atoms with Crippen molar-refractivity contribution >= 4 is 5.91 Å². The average Bonchev–Trinajstić information content (AvgIpc) is 2.37. The van der Waals surface area contributed by atoms with Gasteiger partial charge in [-0.3, -0.25) is 9.69 Å². The highest BCUT2D eigenvalue weighted by atomic mass is 16.5. The predicted octanol–water partition coefficient (Wildman–Crippen LogP) is -0.0173. The summed E-state index contributed by atoms with van der Waals surface area (Å²) in [6.45, 7) is 7.76. The van der Waals surface area contributed by atoms with Crippen LogP contribution in [0.5, 0.6) is 0 Å². The topological polar surface area (TPSA) is 61.8 Å². The van der Waals surface area contributed by atoms with E-state index >= 15 is 0 Å². The molecule has 0 aliphatic carbocycles. The Hall–Kier alpha value is -0.650. The number of amides is 1. The van der Waals surface area contributed by atoms with E-state index < -0.39 is 0 Å². The van der Waals surface area contributed by atoms with E-state index in [-0.39, 0.29) is 30.6 Å². The first kappa shape index (κ1) is 14.4. The van der Waals surface area contributed by atoms with Gasteiger partial charge < -0.3 is 15.2 Å². The van der Waals surface area contributed by atoms with Gasteiger partial charge in [-0.05, 0) is 20.3 Å². The summed E-state index contributed by atoms with van der Waals surface area (Å²) in [5.74, 6) is 0.0275. The number of nitrogens with zero attached hydrogens (tertiary/aromatic N) is 1. The molecule has 0 aromatic heterocycles. The molecule has 1 heterocycles. The Morgan fingerprint density at radius 3 is 2.88 bits per heavy atom. The van der Waals surface area contributed by atoms with Crippen molar-refractivity contribution in [3.63, 3.8) is 0 Å². The van der Waals surface area contributed by atoms with Gasteiger partial charge in [0.25, 0.3) is 0 Å². The number of hydrogen-bond donors (Lipinski definition) is 2. The van der Waals surface area contributed by atoms with Gasteiger partial charge in [0.1, 0.15) is 0 Å². The van der Waals surface area contributed by atoms with Gasteiger partial charge >= 0.3 is 0 Å². The SMILES string of the molecule is CCC(C)NC(=O)C(C)N1CCOCC1CO. The molecule has 1 fully saturated rings. The summed E-state index contributed by atoms with van der Waals surface area (Å²) >= 11 is 0. The number of carbonyl (C=O) groups is 1. The highest BCUT2D eigenvalue weighted by Gasteiger charge is 2.30. The monoisotopic (exact) mass is 244 g/mol. The smallest absolute Gasteiger partial charge is 0.237 e. The summed E-state index contributed by atoms with van der Waals surface area (Å²) in [6.07, 6.45) is 0.922. The van der Waals surface area contributed by atoms with Crippen LogP contribution in [0.4, 0.5) is 0 Å². The van der Waals surface area contributed by atoms with E-state index in [2.05, 4.69) is 5.32 Å². The molecule has 1 rings (SSSR count). The molecule has 0 aromatic carbocycles. The van der Waals surface area contributed by atoms with Crippen molar-refractivity contribution in [2.24, 2.45) is 0 Å². The molecule has 0 spiro atoms. The number of aliphatic hydroxyl groups is 1. The second-order valence-corrected chi connectivity index (χ2v) is 4.64. The number of hydrogen-bond acceptors (Lipinski definition) is 4. The number of ether oxygens (including phenoxy) is 1. The first-order valence-electron chi connectivity index (χ1n) is 6.34. The normalized spacial score (nSPS) is 25.3. The molecule has 17 heavy (non-hydrogen) atoms. The lowest BCUT2D eigenvalue weighted by molar-refractivity contribution is -0.131. The van der Waals surface area contributed by atoms with Crippen LogP contribution in [-0.2, 0) is 9.53 Å². The van der Waals surface area contributed by atoms with E-state index in [9.17, 15) is 9.90 Å². The van der Waals surface area contributed by atoms with Crippen molar-refractivity contribution < 1.29 is 14.6 Å². The van der Waals surface area contributed by atoms with E-state index in [1.807, 2.05) is 25.7 Å². The lowest BCUT2D eigenvalue weighted by atomic mass is 10.1. The minimum Gasteiger partial charge on any atom is -0.395 e. The summed E-state index contributed by atoms with van der Waals surface area (Å²) < 4.78 is 5.30. The third kappa shape index (κ3) is 3.94. The number of carbonyl (C=O) groups excluding carboxylic acids is 1. The van der Waals surface area contributed by atoms with Crippen molar-refractivity contribution in [1.29, 1.82) is 0 Å². The predicted molar refractivity (Wildman–Crippen MR) is 65.8 cm³/mol. The lowest BCUT2D eigenvalue weighted by Gasteiger charge is -2.38. The molecule has 100 valence electrons. The average molecular weight is 244 g/mol. The third-order valence-electron chi connectivity index (χ3n) is 3.36. The van der Waals surface area contributed by atoms with E-state index in [0.717, 1.165) is 6.42 Å². The van der Waals surface area contributed by atoms with Crippen molar-refractivity contribution in [2.75, 3.05) is 26.4 Å². The molecule has 1 aliphatic rings. The van der Waals surface area contributed by atoms with Crippen LogP contribution in [-0.4, -0.2) is 60.4 Å². The molecule has 0 saturated carbocycles. The standard InChI is InChI=1S/C12H24N2O3/c1-4-9(2)13-12(16)10(3)14-5-6-17-8-11(14)7-15/h9-11,15H,4-8H2,1-3H3,(H,13,16). The summed E-state index contributed by atoms with van der Waals surface area (Å²) in [5.41, 5.74) is 0. The molecule has 0 radical (unpaired) electrons. The second-order valence-electron chi connectivity index (χ2n) is 4.64. The number of morpholine rings is 1. The van der Waals surface area contributed by atoms with Gasteiger partial charge in [-0.2, -0.15) is 0 Å². The maximum absolute atomic E-state index is 12.0. The van der Waals surface area contributed by atoms with Crippen molar-refractivity contribution in [3.8, 4) is 0 Å². The van der Waals surface area contributed by atoms with E-state index in [1.165, 1.54) is 0 Å². The zero-order valence-corrected chi connectivity index (χ0v) is 11.0. The minimum atomic E-state index is -0.218. The van der Waals surface area contributed by atoms with Crippen LogP contribution in [0.1, 0.15) is 27.2 Å². The van der Waals surface area contributed by atoms with Crippen LogP contribution in [0, 0.1) is 0 Å². The van der Waals surface area contributed by atoms with Gasteiger partial charge in [0.15, 0.2) is 0 Å². The van der Waals surface area contributed by atoms with Crippen LogP contribution < -0.4 is 5.32 Å².